The Balaban J connectivity index is 2.32. The quantitative estimate of drug-likeness (QED) is 0.815. The van der Waals surface area contributed by atoms with E-state index in [4.69, 9.17) is 4.42 Å². The summed E-state index contributed by atoms with van der Waals surface area (Å²) in [6.45, 7) is 3.82. The molecule has 0 saturated heterocycles. The van der Waals surface area contributed by atoms with Crippen LogP contribution in [0.1, 0.15) is 28.7 Å². The van der Waals surface area contributed by atoms with Gasteiger partial charge in [-0.15, -0.1) is 0 Å². The first-order valence-corrected chi connectivity index (χ1v) is 4.83. The number of furan rings is 1. The van der Waals surface area contributed by atoms with Gasteiger partial charge in [-0.2, -0.15) is 0 Å². The fraction of sp³-hybridized carbons (Fsp3) is 0.250. The van der Waals surface area contributed by atoms with E-state index in [1.54, 1.807) is 12.5 Å². The van der Waals surface area contributed by atoms with Crippen molar-refractivity contribution in [3.05, 3.63) is 53.2 Å². The van der Waals surface area contributed by atoms with Gasteiger partial charge in [-0.25, -0.2) is 0 Å². The summed E-state index contributed by atoms with van der Waals surface area (Å²) in [6.07, 6.45) is 2.52. The largest absolute Gasteiger partial charge is 0.466 e. The molecule has 3 nitrogen and oxygen atoms in total. The molecule has 0 amide bonds. The molecule has 0 aliphatic heterocycles. The zero-order chi connectivity index (χ0) is 10.8. The van der Waals surface area contributed by atoms with Crippen LogP contribution in [-0.2, 0) is 0 Å². The first-order valence-electron chi connectivity index (χ1n) is 4.83. The maximum atomic E-state index is 10.0. The van der Waals surface area contributed by atoms with Gasteiger partial charge in [0, 0.05) is 17.5 Å². The molecule has 0 bridgehead atoms. The van der Waals surface area contributed by atoms with E-state index in [-0.39, 0.29) is 0 Å². The zero-order valence-corrected chi connectivity index (χ0v) is 8.77. The van der Waals surface area contributed by atoms with Crippen LogP contribution in [0.3, 0.4) is 0 Å². The second kappa shape index (κ2) is 3.87. The van der Waals surface area contributed by atoms with Crippen LogP contribution in [0.5, 0.6) is 0 Å². The molecule has 78 valence electrons. The maximum absolute atomic E-state index is 10.0. The van der Waals surface area contributed by atoms with Gasteiger partial charge in [0.1, 0.15) is 11.9 Å². The summed E-state index contributed by atoms with van der Waals surface area (Å²) in [4.78, 5) is 4.14. The van der Waals surface area contributed by atoms with Crippen LogP contribution in [0.4, 0.5) is 0 Å². The van der Waals surface area contributed by atoms with Crippen LogP contribution in [0.15, 0.2) is 35.1 Å². The van der Waals surface area contributed by atoms with Crippen molar-refractivity contribution < 1.29 is 9.52 Å². The highest BCUT2D eigenvalue weighted by molar-refractivity contribution is 5.27. The van der Waals surface area contributed by atoms with Gasteiger partial charge < -0.3 is 9.52 Å². The second-order valence-electron chi connectivity index (χ2n) is 3.60. The number of rotatable bonds is 2. The Hall–Kier alpha value is -1.61. The second-order valence-corrected chi connectivity index (χ2v) is 3.60. The lowest BCUT2D eigenvalue weighted by atomic mass is 10.1. The number of hydrogen-bond donors (Lipinski definition) is 1. The number of nitrogens with zero attached hydrogens (tertiary/aromatic N) is 1. The van der Waals surface area contributed by atoms with Crippen LogP contribution in [0.2, 0.25) is 0 Å². The highest BCUT2D eigenvalue weighted by Gasteiger charge is 2.15. The van der Waals surface area contributed by atoms with E-state index in [9.17, 15) is 5.11 Å². The zero-order valence-electron chi connectivity index (χ0n) is 8.77. The first-order chi connectivity index (χ1) is 7.18. The summed E-state index contributed by atoms with van der Waals surface area (Å²) in [5.74, 6) is 0.584. The minimum absolute atomic E-state index is 0.584. The van der Waals surface area contributed by atoms with E-state index in [0.717, 1.165) is 16.8 Å². The van der Waals surface area contributed by atoms with Gasteiger partial charge in [0.05, 0.1) is 6.26 Å². The molecule has 0 aliphatic carbocycles. The van der Waals surface area contributed by atoms with Crippen molar-refractivity contribution >= 4 is 0 Å². The predicted molar refractivity (Wildman–Crippen MR) is 56.5 cm³/mol. The average molecular weight is 203 g/mol. The topological polar surface area (TPSA) is 46.3 Å². The molecule has 2 heterocycles. The van der Waals surface area contributed by atoms with Gasteiger partial charge in [0.2, 0.25) is 0 Å². The van der Waals surface area contributed by atoms with E-state index in [0.29, 0.717) is 5.76 Å². The van der Waals surface area contributed by atoms with Crippen LogP contribution < -0.4 is 0 Å². The molecule has 0 spiro atoms. The third-order valence-electron chi connectivity index (χ3n) is 2.40. The minimum atomic E-state index is -0.729. The Morgan fingerprint density at radius 1 is 1.27 bits per heavy atom. The lowest BCUT2D eigenvalue weighted by Crippen LogP contribution is -2.00. The number of aliphatic hydroxyl groups is 1. The van der Waals surface area contributed by atoms with E-state index in [1.807, 2.05) is 32.0 Å². The molecule has 0 aliphatic rings. The van der Waals surface area contributed by atoms with Gasteiger partial charge in [-0.1, -0.05) is 6.07 Å². The van der Waals surface area contributed by atoms with Crippen molar-refractivity contribution in [3.8, 4) is 0 Å². The summed E-state index contributed by atoms with van der Waals surface area (Å²) < 4.78 is 5.23. The first kappa shape index (κ1) is 9.93. The van der Waals surface area contributed by atoms with Crippen LogP contribution >= 0.6 is 0 Å². The Morgan fingerprint density at radius 2 is 2.07 bits per heavy atom. The number of pyridine rings is 1. The molecular formula is C12H13NO2. The number of aliphatic hydroxyl groups excluding tert-OH is 1. The fourth-order valence-corrected chi connectivity index (χ4v) is 1.46. The lowest BCUT2D eigenvalue weighted by molar-refractivity contribution is 0.188. The Labute approximate surface area is 88.4 Å². The molecule has 2 aromatic heterocycles. The van der Waals surface area contributed by atoms with Crippen molar-refractivity contribution in [2.24, 2.45) is 0 Å². The van der Waals surface area contributed by atoms with Gasteiger partial charge in [0.15, 0.2) is 0 Å². The van der Waals surface area contributed by atoms with Gasteiger partial charge in [0.25, 0.3) is 0 Å². The molecule has 0 fully saturated rings. The van der Waals surface area contributed by atoms with Crippen LogP contribution in [0.25, 0.3) is 0 Å². The highest BCUT2D eigenvalue weighted by Crippen LogP contribution is 2.24. The van der Waals surface area contributed by atoms with Crippen molar-refractivity contribution in [2.45, 2.75) is 20.0 Å². The minimum Gasteiger partial charge on any atom is -0.466 e. The van der Waals surface area contributed by atoms with E-state index in [2.05, 4.69) is 4.98 Å². The summed E-state index contributed by atoms with van der Waals surface area (Å²) in [5.41, 5.74) is 2.63. The average Bonchev–Trinajstić information content (AvgIpc) is 2.65. The Morgan fingerprint density at radius 3 is 2.60 bits per heavy atom. The van der Waals surface area contributed by atoms with Crippen molar-refractivity contribution in [3.63, 3.8) is 0 Å². The monoisotopic (exact) mass is 203 g/mol. The van der Waals surface area contributed by atoms with Crippen LogP contribution in [-0.4, -0.2) is 10.1 Å². The maximum Gasteiger partial charge on any atom is 0.139 e. The Bertz CT molecular complexity index is 445. The molecular weight excluding hydrogens is 190 g/mol. The predicted octanol–water partition coefficient (Wildman–Crippen LogP) is 2.37. The molecule has 2 rings (SSSR count). The molecule has 3 heteroatoms. The van der Waals surface area contributed by atoms with Gasteiger partial charge in [-0.3, -0.25) is 4.98 Å². The molecule has 0 radical (unpaired) electrons. The molecule has 1 unspecified atom stereocenters. The van der Waals surface area contributed by atoms with Crippen LogP contribution in [0, 0.1) is 13.8 Å². The van der Waals surface area contributed by atoms with Crippen molar-refractivity contribution in [1.29, 1.82) is 0 Å². The molecule has 15 heavy (non-hydrogen) atoms. The van der Waals surface area contributed by atoms with E-state index in [1.165, 1.54) is 0 Å². The van der Waals surface area contributed by atoms with Gasteiger partial charge >= 0.3 is 0 Å². The summed E-state index contributed by atoms with van der Waals surface area (Å²) in [5, 5.41) is 10.0. The standard InChI is InChI=1S/C12H13NO2/c1-8-5-6-15-12(8)11(14)10-4-3-9(2)13-7-10/h3-7,11,14H,1-2H3. The summed E-state index contributed by atoms with van der Waals surface area (Å²) in [7, 11) is 0. The van der Waals surface area contributed by atoms with Crippen molar-refractivity contribution in [2.75, 3.05) is 0 Å². The number of aromatic nitrogens is 1. The molecule has 0 aromatic carbocycles. The molecule has 2 aromatic rings. The normalized spacial score (nSPS) is 12.7. The number of hydrogen-bond acceptors (Lipinski definition) is 3. The van der Waals surface area contributed by atoms with Gasteiger partial charge in [-0.05, 0) is 31.5 Å². The van der Waals surface area contributed by atoms with Crippen molar-refractivity contribution in [1.82, 2.24) is 4.98 Å². The lowest BCUT2D eigenvalue weighted by Gasteiger charge is -2.08. The smallest absolute Gasteiger partial charge is 0.139 e. The number of aryl methyl sites for hydroxylation is 2. The SMILES string of the molecule is Cc1ccc(C(O)c2occc2C)cn1. The third kappa shape index (κ3) is 1.92. The molecule has 1 atom stereocenters. The van der Waals surface area contributed by atoms with E-state index < -0.39 is 6.10 Å². The Kier molecular flexibility index (Phi) is 2.56. The highest BCUT2D eigenvalue weighted by atomic mass is 16.4. The van der Waals surface area contributed by atoms with E-state index >= 15 is 0 Å². The molecule has 0 saturated carbocycles. The summed E-state index contributed by atoms with van der Waals surface area (Å²) in [6, 6.07) is 5.56. The molecule has 1 N–H and O–H groups in total. The third-order valence-corrected chi connectivity index (χ3v) is 2.40. The fourth-order valence-electron chi connectivity index (χ4n) is 1.46. The summed E-state index contributed by atoms with van der Waals surface area (Å²) >= 11 is 0.